The maximum atomic E-state index is 5.62. The Kier molecular flexibility index (Phi) is 2.36. The van der Waals surface area contributed by atoms with Gasteiger partial charge in [-0.25, -0.2) is 4.98 Å². The number of nitrogens with two attached hydrogens (primary N) is 2. The summed E-state index contributed by atoms with van der Waals surface area (Å²) in [6.07, 6.45) is 4.16. The number of nitrogen functional groups attached to an aromatic ring is 2. The first-order chi connectivity index (χ1) is 6.75. The molecule has 1 aromatic heterocycles. The summed E-state index contributed by atoms with van der Waals surface area (Å²) in [6.45, 7) is 0.408. The van der Waals surface area contributed by atoms with Gasteiger partial charge < -0.3 is 21.5 Å². The van der Waals surface area contributed by atoms with Crippen LogP contribution < -0.4 is 16.8 Å². The minimum atomic E-state index is 0.202. The summed E-state index contributed by atoms with van der Waals surface area (Å²) in [6, 6.07) is 0. The Bertz CT molecular complexity index is 326. The second-order valence-corrected chi connectivity index (χ2v) is 3.22. The molecule has 76 valence electrons. The molecule has 5 N–H and O–H groups in total. The van der Waals surface area contributed by atoms with Gasteiger partial charge in [-0.05, 0) is 12.8 Å². The van der Waals surface area contributed by atoms with Crippen molar-refractivity contribution in [1.82, 2.24) is 9.97 Å². The molecule has 1 heterocycles. The first kappa shape index (κ1) is 9.01. The molecule has 0 spiro atoms. The highest BCUT2D eigenvalue weighted by Gasteiger charge is 2.21. The zero-order chi connectivity index (χ0) is 9.97. The van der Waals surface area contributed by atoms with Crippen LogP contribution in [0, 0.1) is 0 Å². The standard InChI is InChI=1S/C8H13N5O/c9-6-3-11-8(10)13-7(6)12-4-14-5-1-2-5/h3,5H,1-2,4,9H2,(H3,10,11,12,13). The summed E-state index contributed by atoms with van der Waals surface area (Å²) in [5, 5.41) is 2.95. The highest BCUT2D eigenvalue weighted by Crippen LogP contribution is 2.23. The van der Waals surface area contributed by atoms with Crippen molar-refractivity contribution in [3.63, 3.8) is 0 Å². The molecule has 1 fully saturated rings. The van der Waals surface area contributed by atoms with Gasteiger partial charge in [0.05, 0.1) is 18.0 Å². The second kappa shape index (κ2) is 3.67. The number of ether oxygens (including phenoxy) is 1. The molecule has 1 saturated carbocycles. The van der Waals surface area contributed by atoms with E-state index in [1.54, 1.807) is 0 Å². The predicted octanol–water partition coefficient (Wildman–Crippen LogP) is 0.189. The van der Waals surface area contributed by atoms with Crippen molar-refractivity contribution in [1.29, 1.82) is 0 Å². The third-order valence-electron chi connectivity index (χ3n) is 1.92. The molecule has 1 aromatic rings. The molecule has 0 aliphatic heterocycles. The van der Waals surface area contributed by atoms with E-state index in [2.05, 4.69) is 15.3 Å². The molecule has 0 unspecified atom stereocenters. The number of nitrogens with one attached hydrogen (secondary N) is 1. The monoisotopic (exact) mass is 195 g/mol. The van der Waals surface area contributed by atoms with Crippen LogP contribution in [0.4, 0.5) is 17.5 Å². The van der Waals surface area contributed by atoms with E-state index in [9.17, 15) is 0 Å². The van der Waals surface area contributed by atoms with Gasteiger partial charge in [-0.3, -0.25) is 0 Å². The van der Waals surface area contributed by atoms with Crippen molar-refractivity contribution in [3.05, 3.63) is 6.20 Å². The average molecular weight is 195 g/mol. The lowest BCUT2D eigenvalue weighted by molar-refractivity contribution is 0.137. The third kappa shape index (κ3) is 2.23. The Morgan fingerprint density at radius 2 is 2.29 bits per heavy atom. The van der Waals surface area contributed by atoms with Crippen molar-refractivity contribution in [2.75, 3.05) is 23.5 Å². The average Bonchev–Trinajstić information content (AvgIpc) is 2.95. The van der Waals surface area contributed by atoms with E-state index in [4.69, 9.17) is 16.2 Å². The van der Waals surface area contributed by atoms with E-state index in [-0.39, 0.29) is 5.95 Å². The molecule has 0 atom stereocenters. The first-order valence-corrected chi connectivity index (χ1v) is 4.49. The summed E-state index contributed by atoms with van der Waals surface area (Å²) in [7, 11) is 0. The van der Waals surface area contributed by atoms with E-state index < -0.39 is 0 Å². The van der Waals surface area contributed by atoms with Gasteiger partial charge in [0.1, 0.15) is 6.73 Å². The second-order valence-electron chi connectivity index (χ2n) is 3.22. The molecule has 6 nitrogen and oxygen atoms in total. The van der Waals surface area contributed by atoms with Crippen molar-refractivity contribution < 1.29 is 4.74 Å². The number of hydrogen-bond donors (Lipinski definition) is 3. The number of anilines is 3. The summed E-state index contributed by atoms with van der Waals surface area (Å²) in [5.41, 5.74) is 11.5. The van der Waals surface area contributed by atoms with Crippen LogP contribution in [0.5, 0.6) is 0 Å². The van der Waals surface area contributed by atoms with E-state index in [0.29, 0.717) is 24.3 Å². The predicted molar refractivity (Wildman–Crippen MR) is 53.5 cm³/mol. The lowest BCUT2D eigenvalue weighted by atomic mass is 10.5. The van der Waals surface area contributed by atoms with Crippen LogP contribution in [-0.4, -0.2) is 22.8 Å². The molecular formula is C8H13N5O. The third-order valence-corrected chi connectivity index (χ3v) is 1.92. The topological polar surface area (TPSA) is 99.1 Å². The number of aromatic nitrogens is 2. The molecule has 14 heavy (non-hydrogen) atoms. The first-order valence-electron chi connectivity index (χ1n) is 4.49. The fraction of sp³-hybridized carbons (Fsp3) is 0.500. The molecule has 1 aliphatic carbocycles. The Balaban J connectivity index is 1.89. The maximum Gasteiger partial charge on any atom is 0.222 e. The largest absolute Gasteiger partial charge is 0.394 e. The van der Waals surface area contributed by atoms with E-state index in [1.807, 2.05) is 0 Å². The van der Waals surface area contributed by atoms with Gasteiger partial charge in [0.2, 0.25) is 5.95 Å². The van der Waals surface area contributed by atoms with E-state index in [1.165, 1.54) is 6.20 Å². The Morgan fingerprint density at radius 3 is 3.00 bits per heavy atom. The Hall–Kier alpha value is -1.56. The van der Waals surface area contributed by atoms with Crippen LogP contribution in [0.1, 0.15) is 12.8 Å². The number of rotatable bonds is 4. The molecule has 0 aromatic carbocycles. The van der Waals surface area contributed by atoms with Gasteiger partial charge >= 0.3 is 0 Å². The fourth-order valence-electron chi connectivity index (χ4n) is 1.01. The summed E-state index contributed by atoms with van der Waals surface area (Å²) in [4.78, 5) is 7.70. The van der Waals surface area contributed by atoms with Crippen LogP contribution >= 0.6 is 0 Å². The van der Waals surface area contributed by atoms with Crippen molar-refractivity contribution in [2.45, 2.75) is 18.9 Å². The number of nitrogens with zero attached hydrogens (tertiary/aromatic N) is 2. The van der Waals surface area contributed by atoms with Crippen LogP contribution in [0.25, 0.3) is 0 Å². The maximum absolute atomic E-state index is 5.62. The summed E-state index contributed by atoms with van der Waals surface area (Å²) in [5.74, 6) is 0.728. The molecule has 0 bridgehead atoms. The van der Waals surface area contributed by atoms with Crippen molar-refractivity contribution in [2.24, 2.45) is 0 Å². The Morgan fingerprint density at radius 1 is 1.50 bits per heavy atom. The fourth-order valence-corrected chi connectivity index (χ4v) is 1.01. The normalized spacial score (nSPS) is 15.4. The molecule has 1 aliphatic rings. The molecule has 6 heteroatoms. The number of hydrogen-bond acceptors (Lipinski definition) is 6. The minimum Gasteiger partial charge on any atom is -0.394 e. The van der Waals surface area contributed by atoms with Gasteiger partial charge in [-0.1, -0.05) is 0 Å². The van der Waals surface area contributed by atoms with Gasteiger partial charge in [-0.15, -0.1) is 0 Å². The SMILES string of the molecule is Nc1ncc(N)c(NCOC2CC2)n1. The molecular weight excluding hydrogens is 182 g/mol. The smallest absolute Gasteiger partial charge is 0.222 e. The van der Waals surface area contributed by atoms with Gasteiger partial charge in [0.25, 0.3) is 0 Å². The van der Waals surface area contributed by atoms with Crippen LogP contribution in [-0.2, 0) is 4.74 Å². The van der Waals surface area contributed by atoms with Crippen molar-refractivity contribution in [3.8, 4) is 0 Å². The highest BCUT2D eigenvalue weighted by atomic mass is 16.5. The quantitative estimate of drug-likeness (QED) is 0.593. The van der Waals surface area contributed by atoms with Crippen molar-refractivity contribution >= 4 is 17.5 Å². The van der Waals surface area contributed by atoms with Crippen LogP contribution in [0.15, 0.2) is 6.20 Å². The van der Waals surface area contributed by atoms with E-state index in [0.717, 1.165) is 12.8 Å². The minimum absolute atomic E-state index is 0.202. The highest BCUT2D eigenvalue weighted by molar-refractivity contribution is 5.60. The zero-order valence-electron chi connectivity index (χ0n) is 7.73. The molecule has 2 rings (SSSR count). The van der Waals surface area contributed by atoms with Gasteiger partial charge in [-0.2, -0.15) is 4.98 Å². The molecule has 0 saturated heterocycles. The summed E-state index contributed by atoms with van der Waals surface area (Å²) >= 11 is 0. The Labute approximate surface area is 81.7 Å². The summed E-state index contributed by atoms with van der Waals surface area (Å²) < 4.78 is 5.38. The van der Waals surface area contributed by atoms with E-state index >= 15 is 0 Å². The van der Waals surface area contributed by atoms with Crippen LogP contribution in [0.3, 0.4) is 0 Å². The lowest BCUT2D eigenvalue weighted by Gasteiger charge is -2.08. The van der Waals surface area contributed by atoms with Gasteiger partial charge in [0.15, 0.2) is 5.82 Å². The zero-order valence-corrected chi connectivity index (χ0v) is 7.73. The molecule has 0 amide bonds. The van der Waals surface area contributed by atoms with Crippen LogP contribution in [0.2, 0.25) is 0 Å². The molecule has 0 radical (unpaired) electrons. The lowest BCUT2D eigenvalue weighted by Crippen LogP contribution is -2.11. The van der Waals surface area contributed by atoms with Gasteiger partial charge in [0, 0.05) is 0 Å².